The van der Waals surface area contributed by atoms with Gasteiger partial charge < -0.3 is 20.9 Å². The van der Waals surface area contributed by atoms with E-state index in [0.717, 1.165) is 57.8 Å². The van der Waals surface area contributed by atoms with Crippen molar-refractivity contribution >= 4 is 40.7 Å². The highest BCUT2D eigenvalue weighted by Crippen LogP contribution is 2.36. The minimum absolute atomic E-state index is 0.0957. The highest BCUT2D eigenvalue weighted by Gasteiger charge is 2.27. The van der Waals surface area contributed by atoms with Gasteiger partial charge in [-0.2, -0.15) is 10.1 Å². The van der Waals surface area contributed by atoms with Crippen molar-refractivity contribution in [3.8, 4) is 5.75 Å². The molecule has 0 unspecified atom stereocenters. The number of nitrogens with one attached hydrogen (secondary N) is 1. The second-order valence-corrected chi connectivity index (χ2v) is 10.1. The quantitative estimate of drug-likeness (QED) is 0.440. The van der Waals surface area contributed by atoms with Gasteiger partial charge in [-0.1, -0.05) is 0 Å². The van der Waals surface area contributed by atoms with Gasteiger partial charge in [0.05, 0.1) is 42.6 Å². The number of anilines is 1. The molecule has 3 aromatic rings. The lowest BCUT2D eigenvalue weighted by Gasteiger charge is -2.16. The molecule has 2 aliphatic rings. The number of thioether (sulfide) groups is 1. The van der Waals surface area contributed by atoms with E-state index in [0.29, 0.717) is 23.6 Å². The van der Waals surface area contributed by atoms with E-state index in [4.69, 9.17) is 15.6 Å². The van der Waals surface area contributed by atoms with Crippen molar-refractivity contribution < 1.29 is 14.6 Å². The molecule has 5 rings (SSSR count). The molecule has 10 nitrogen and oxygen atoms in total. The number of rotatable bonds is 6. The van der Waals surface area contributed by atoms with Crippen LogP contribution in [0, 0.1) is 13.8 Å². The minimum atomic E-state index is -0.466. The Morgan fingerprint density at radius 1 is 1.34 bits per heavy atom. The molecule has 0 saturated heterocycles. The number of carbonyl (C=O) groups excluding carboxylic acids is 1. The number of pyridine rings is 1. The van der Waals surface area contributed by atoms with E-state index in [1.54, 1.807) is 18.0 Å². The highest BCUT2D eigenvalue weighted by atomic mass is 32.2. The van der Waals surface area contributed by atoms with Crippen LogP contribution in [-0.4, -0.2) is 60.8 Å². The molecular weight excluding hydrogens is 466 g/mol. The number of aromatic nitrogens is 5. The molecule has 1 saturated carbocycles. The summed E-state index contributed by atoms with van der Waals surface area (Å²) >= 11 is 1.52. The number of nitrogens with zero attached hydrogens (tertiary/aromatic N) is 5. The first-order valence-corrected chi connectivity index (χ1v) is 12.7. The number of aryl methyl sites for hydroxylation is 1. The summed E-state index contributed by atoms with van der Waals surface area (Å²) in [4.78, 5) is 26.2. The molecule has 1 aliphatic heterocycles. The number of hydrogen-bond donors (Lipinski definition) is 3. The molecule has 184 valence electrons. The number of aliphatic hydroxyl groups is 1. The van der Waals surface area contributed by atoms with Crippen LogP contribution >= 0.6 is 11.8 Å². The molecule has 2 atom stereocenters. The fraction of sp³-hybridized carbons (Fsp3) is 0.458. The molecule has 0 bridgehead atoms. The second-order valence-electron chi connectivity index (χ2n) is 9.11. The van der Waals surface area contributed by atoms with E-state index in [9.17, 15) is 9.90 Å². The monoisotopic (exact) mass is 495 g/mol. The first-order chi connectivity index (χ1) is 16.8. The summed E-state index contributed by atoms with van der Waals surface area (Å²) in [5.41, 5.74) is 11.1. The number of ether oxygens (including phenoxy) is 1. The van der Waals surface area contributed by atoms with Crippen LogP contribution in [0.4, 0.5) is 5.95 Å². The Bertz CT molecular complexity index is 1340. The van der Waals surface area contributed by atoms with E-state index < -0.39 is 6.10 Å². The van der Waals surface area contributed by atoms with Crippen LogP contribution < -0.4 is 15.8 Å². The van der Waals surface area contributed by atoms with Gasteiger partial charge >= 0.3 is 0 Å². The third-order valence-corrected chi connectivity index (χ3v) is 7.68. The van der Waals surface area contributed by atoms with Crippen LogP contribution in [0.3, 0.4) is 0 Å². The molecule has 1 amide bonds. The molecule has 4 heterocycles. The van der Waals surface area contributed by atoms with Gasteiger partial charge in [0.2, 0.25) is 11.9 Å². The summed E-state index contributed by atoms with van der Waals surface area (Å²) in [6.07, 6.45) is 5.97. The average molecular weight is 496 g/mol. The molecule has 4 N–H and O–H groups in total. The SMILES string of the molecule is COc1c(C)cnc(Cn2nc3c4c(nc(N)nc42)SCC(CC(=O)N[C@H]2CCC[C@@H]2O)=C3)c1C. The van der Waals surface area contributed by atoms with Crippen molar-refractivity contribution in [3.63, 3.8) is 0 Å². The zero-order valence-electron chi connectivity index (χ0n) is 20.0. The van der Waals surface area contributed by atoms with Crippen LogP contribution in [0.1, 0.15) is 48.2 Å². The number of nitrogens with two attached hydrogens (primary N) is 1. The van der Waals surface area contributed by atoms with Gasteiger partial charge in [-0.15, -0.1) is 11.8 Å². The summed E-state index contributed by atoms with van der Waals surface area (Å²) < 4.78 is 7.34. The number of carbonyl (C=O) groups is 1. The predicted octanol–water partition coefficient (Wildman–Crippen LogP) is 2.39. The van der Waals surface area contributed by atoms with E-state index in [1.807, 2.05) is 19.9 Å². The first-order valence-electron chi connectivity index (χ1n) is 11.7. The zero-order chi connectivity index (χ0) is 24.7. The van der Waals surface area contributed by atoms with Crippen molar-refractivity contribution in [1.29, 1.82) is 0 Å². The maximum absolute atomic E-state index is 12.7. The fourth-order valence-corrected chi connectivity index (χ4v) is 5.85. The predicted molar refractivity (Wildman–Crippen MR) is 134 cm³/mol. The number of aliphatic hydroxyl groups excluding tert-OH is 1. The van der Waals surface area contributed by atoms with Crippen molar-refractivity contribution in [3.05, 3.63) is 34.3 Å². The van der Waals surface area contributed by atoms with Crippen LogP contribution in [0.2, 0.25) is 0 Å². The van der Waals surface area contributed by atoms with E-state index in [2.05, 4.69) is 20.3 Å². The van der Waals surface area contributed by atoms with Crippen LogP contribution in [0.5, 0.6) is 5.75 Å². The molecule has 1 aliphatic carbocycles. The number of amides is 1. The molecule has 11 heteroatoms. The Kier molecular flexibility index (Phi) is 6.37. The maximum Gasteiger partial charge on any atom is 0.224 e. The van der Waals surface area contributed by atoms with Gasteiger partial charge in [0.15, 0.2) is 5.65 Å². The van der Waals surface area contributed by atoms with Gasteiger partial charge in [-0.05, 0) is 44.8 Å². The van der Waals surface area contributed by atoms with Gasteiger partial charge in [0, 0.05) is 29.5 Å². The molecule has 0 spiro atoms. The molecular formula is C24H29N7O3S. The lowest BCUT2D eigenvalue weighted by atomic mass is 10.1. The lowest BCUT2D eigenvalue weighted by Crippen LogP contribution is -2.39. The molecule has 3 aromatic heterocycles. The number of methoxy groups -OCH3 is 1. The number of hydrogen-bond acceptors (Lipinski definition) is 9. The first kappa shape index (κ1) is 23.6. The third-order valence-electron chi connectivity index (χ3n) is 6.60. The Labute approximate surface area is 207 Å². The largest absolute Gasteiger partial charge is 0.496 e. The molecule has 1 fully saturated rings. The Morgan fingerprint density at radius 3 is 2.91 bits per heavy atom. The topological polar surface area (TPSA) is 141 Å². The molecule has 35 heavy (non-hydrogen) atoms. The fourth-order valence-electron chi connectivity index (χ4n) is 4.84. The van der Waals surface area contributed by atoms with Crippen LogP contribution in [0.25, 0.3) is 17.1 Å². The Morgan fingerprint density at radius 2 is 2.17 bits per heavy atom. The van der Waals surface area contributed by atoms with E-state index in [-0.39, 0.29) is 24.3 Å². The van der Waals surface area contributed by atoms with Crippen LogP contribution in [-0.2, 0) is 11.3 Å². The number of nitrogen functional groups attached to an aromatic ring is 1. The van der Waals surface area contributed by atoms with E-state index in [1.165, 1.54) is 11.8 Å². The zero-order valence-corrected chi connectivity index (χ0v) is 20.9. The lowest BCUT2D eigenvalue weighted by molar-refractivity contribution is -0.121. The summed E-state index contributed by atoms with van der Waals surface area (Å²) in [6, 6.07) is -0.169. The summed E-state index contributed by atoms with van der Waals surface area (Å²) in [5, 5.41) is 19.4. The van der Waals surface area contributed by atoms with E-state index >= 15 is 0 Å². The van der Waals surface area contributed by atoms with Gasteiger partial charge in [-0.3, -0.25) is 9.78 Å². The van der Waals surface area contributed by atoms with Crippen LogP contribution in [0.15, 0.2) is 16.8 Å². The van der Waals surface area contributed by atoms with Crippen molar-refractivity contribution in [2.45, 2.75) is 63.2 Å². The normalized spacial score (nSPS) is 19.5. The highest BCUT2D eigenvalue weighted by molar-refractivity contribution is 7.99. The minimum Gasteiger partial charge on any atom is -0.496 e. The molecule has 0 aromatic carbocycles. The molecule has 0 radical (unpaired) electrons. The van der Waals surface area contributed by atoms with Gasteiger partial charge in [-0.25, -0.2) is 9.67 Å². The second kappa shape index (κ2) is 9.46. The summed E-state index contributed by atoms with van der Waals surface area (Å²) in [5.74, 6) is 1.48. The van der Waals surface area contributed by atoms with Crippen molar-refractivity contribution in [1.82, 2.24) is 30.0 Å². The summed E-state index contributed by atoms with van der Waals surface area (Å²) in [6.45, 7) is 4.33. The Balaban J connectivity index is 1.47. The average Bonchev–Trinajstić information content (AvgIpc) is 3.31. The van der Waals surface area contributed by atoms with Crippen molar-refractivity contribution in [2.75, 3.05) is 18.6 Å². The third kappa shape index (κ3) is 4.57. The van der Waals surface area contributed by atoms with Gasteiger partial charge in [0.25, 0.3) is 0 Å². The smallest absolute Gasteiger partial charge is 0.224 e. The standard InChI is InChI=1S/C24H29N7O3S/c1-12-9-26-17(13(2)21(12)34-3)10-31-22-20-16(30-31)7-14(11-35-23(20)29-24(25)28-22)8-19(33)27-15-5-4-6-18(15)32/h7,9,15,18,32H,4-6,8,10-11H2,1-3H3,(H,27,33)(H2,25,28,29)/t15-,18-/m0/s1. The Hall–Kier alpha value is -3.18. The maximum atomic E-state index is 12.7. The summed E-state index contributed by atoms with van der Waals surface area (Å²) in [7, 11) is 1.65. The van der Waals surface area contributed by atoms with Gasteiger partial charge in [0.1, 0.15) is 10.8 Å². The van der Waals surface area contributed by atoms with Crippen molar-refractivity contribution in [2.24, 2.45) is 0 Å².